The number of nitrogens with one attached hydrogen (secondary N) is 2. The Morgan fingerprint density at radius 3 is 3.25 bits per heavy atom. The lowest BCUT2D eigenvalue weighted by atomic mass is 9.90. The van der Waals surface area contributed by atoms with E-state index in [2.05, 4.69) is 28.5 Å². The molecule has 1 unspecified atom stereocenters. The molecule has 2 aromatic heterocycles. The molecule has 2 N–H and O–H groups in total. The number of carbonyl (C=O) groups is 1. The van der Waals surface area contributed by atoms with Crippen LogP contribution in [0.25, 0.3) is 0 Å². The Morgan fingerprint density at radius 1 is 1.60 bits per heavy atom. The first-order valence-corrected chi connectivity index (χ1v) is 7.94. The third-order valence-corrected chi connectivity index (χ3v) is 5.13. The Balaban J connectivity index is 1.78. The van der Waals surface area contributed by atoms with Crippen molar-refractivity contribution in [3.63, 3.8) is 0 Å². The fraction of sp³-hybridized carbons (Fsp3) is 0.467. The number of carbonyl (C=O) groups excluding carboxylic acids is 1. The molecule has 0 radical (unpaired) electrons. The fourth-order valence-corrected chi connectivity index (χ4v) is 3.78. The monoisotopic (exact) mass is 289 g/mol. The average molecular weight is 289 g/mol. The standard InChI is InChI=1S/C15H19N3OS/c1-3-10-8-16-18-14(10)17-15(19)13-7-11-6-9(2)4-5-12(11)20-13/h7-9H,3-6H2,1-2H3,(H2,16,17,18,19). The average Bonchev–Trinajstić information content (AvgIpc) is 3.04. The van der Waals surface area contributed by atoms with Crippen molar-refractivity contribution in [2.75, 3.05) is 5.32 Å². The molecule has 20 heavy (non-hydrogen) atoms. The van der Waals surface area contributed by atoms with Gasteiger partial charge in [-0.1, -0.05) is 13.8 Å². The zero-order valence-corrected chi connectivity index (χ0v) is 12.6. The van der Waals surface area contributed by atoms with E-state index in [1.54, 1.807) is 17.5 Å². The van der Waals surface area contributed by atoms with Crippen LogP contribution in [0, 0.1) is 5.92 Å². The SMILES string of the molecule is CCc1cn[nH]c1NC(=O)c1cc2c(s1)CCC(C)C2. The number of fused-ring (bicyclic) bond motifs is 1. The van der Waals surface area contributed by atoms with Crippen LogP contribution in [-0.4, -0.2) is 16.1 Å². The molecule has 0 saturated heterocycles. The topological polar surface area (TPSA) is 57.8 Å². The van der Waals surface area contributed by atoms with Gasteiger partial charge in [0.05, 0.1) is 11.1 Å². The van der Waals surface area contributed by atoms with Crippen LogP contribution in [0.3, 0.4) is 0 Å². The van der Waals surface area contributed by atoms with Gasteiger partial charge in [-0.3, -0.25) is 9.89 Å². The van der Waals surface area contributed by atoms with E-state index < -0.39 is 0 Å². The lowest BCUT2D eigenvalue weighted by Crippen LogP contribution is -2.11. The summed E-state index contributed by atoms with van der Waals surface area (Å²) in [6.45, 7) is 4.32. The predicted molar refractivity (Wildman–Crippen MR) is 81.4 cm³/mol. The van der Waals surface area contributed by atoms with Crippen LogP contribution in [0.5, 0.6) is 0 Å². The van der Waals surface area contributed by atoms with Crippen LogP contribution in [0.15, 0.2) is 12.3 Å². The molecule has 2 heterocycles. The van der Waals surface area contributed by atoms with E-state index in [9.17, 15) is 4.79 Å². The molecular formula is C15H19N3OS. The van der Waals surface area contributed by atoms with Gasteiger partial charge in [0.1, 0.15) is 5.82 Å². The summed E-state index contributed by atoms with van der Waals surface area (Å²) in [4.78, 5) is 14.5. The summed E-state index contributed by atoms with van der Waals surface area (Å²) >= 11 is 1.63. The number of anilines is 1. The van der Waals surface area contributed by atoms with Crippen molar-refractivity contribution < 1.29 is 4.79 Å². The summed E-state index contributed by atoms with van der Waals surface area (Å²) in [5, 5.41) is 9.76. The van der Waals surface area contributed by atoms with Crippen molar-refractivity contribution in [3.8, 4) is 0 Å². The Kier molecular flexibility index (Phi) is 3.61. The van der Waals surface area contributed by atoms with Gasteiger partial charge in [-0.15, -0.1) is 11.3 Å². The van der Waals surface area contributed by atoms with Gasteiger partial charge in [-0.05, 0) is 43.2 Å². The van der Waals surface area contributed by atoms with E-state index in [-0.39, 0.29) is 5.91 Å². The molecule has 3 rings (SSSR count). The molecule has 2 aromatic rings. The molecule has 1 aliphatic rings. The predicted octanol–water partition coefficient (Wildman–Crippen LogP) is 3.41. The molecule has 1 aliphatic carbocycles. The second kappa shape index (κ2) is 5.40. The maximum Gasteiger partial charge on any atom is 0.266 e. The van der Waals surface area contributed by atoms with Crippen molar-refractivity contribution in [2.24, 2.45) is 5.92 Å². The molecule has 1 atom stereocenters. The van der Waals surface area contributed by atoms with Crippen molar-refractivity contribution in [2.45, 2.75) is 39.5 Å². The first-order chi connectivity index (χ1) is 9.67. The largest absolute Gasteiger partial charge is 0.306 e. The van der Waals surface area contributed by atoms with E-state index in [1.165, 1.54) is 16.9 Å². The van der Waals surface area contributed by atoms with Crippen molar-refractivity contribution in [3.05, 3.63) is 33.1 Å². The fourth-order valence-electron chi connectivity index (χ4n) is 2.68. The third-order valence-electron chi connectivity index (χ3n) is 3.89. The summed E-state index contributed by atoms with van der Waals surface area (Å²) < 4.78 is 0. The van der Waals surface area contributed by atoms with Gasteiger partial charge in [-0.2, -0.15) is 5.10 Å². The first kappa shape index (κ1) is 13.4. The lowest BCUT2D eigenvalue weighted by Gasteiger charge is -2.16. The van der Waals surface area contributed by atoms with Gasteiger partial charge in [0, 0.05) is 10.4 Å². The second-order valence-electron chi connectivity index (χ2n) is 5.48. The van der Waals surface area contributed by atoms with Gasteiger partial charge < -0.3 is 5.32 Å². The Bertz CT molecular complexity index is 629. The Hall–Kier alpha value is -1.62. The van der Waals surface area contributed by atoms with Gasteiger partial charge in [0.25, 0.3) is 5.91 Å². The van der Waals surface area contributed by atoms with Crippen LogP contribution in [0.1, 0.15) is 45.9 Å². The molecule has 1 amide bonds. The zero-order chi connectivity index (χ0) is 14.1. The van der Waals surface area contributed by atoms with Crippen molar-refractivity contribution >= 4 is 23.1 Å². The number of nitrogens with zero attached hydrogens (tertiary/aromatic N) is 1. The molecule has 5 heteroatoms. The summed E-state index contributed by atoms with van der Waals surface area (Å²) in [7, 11) is 0. The molecular weight excluding hydrogens is 270 g/mol. The highest BCUT2D eigenvalue weighted by atomic mass is 32.1. The Labute approximate surface area is 122 Å². The number of aryl methyl sites for hydroxylation is 2. The van der Waals surface area contributed by atoms with Crippen LogP contribution < -0.4 is 5.32 Å². The zero-order valence-electron chi connectivity index (χ0n) is 11.8. The smallest absolute Gasteiger partial charge is 0.266 e. The maximum atomic E-state index is 12.3. The van der Waals surface area contributed by atoms with Gasteiger partial charge in [0.2, 0.25) is 0 Å². The number of hydrogen-bond acceptors (Lipinski definition) is 3. The summed E-state index contributed by atoms with van der Waals surface area (Å²) in [6, 6.07) is 2.06. The lowest BCUT2D eigenvalue weighted by molar-refractivity contribution is 0.103. The molecule has 106 valence electrons. The number of thiophene rings is 1. The summed E-state index contributed by atoms with van der Waals surface area (Å²) in [5.74, 6) is 1.42. The highest BCUT2D eigenvalue weighted by molar-refractivity contribution is 7.14. The highest BCUT2D eigenvalue weighted by Crippen LogP contribution is 2.32. The van der Waals surface area contributed by atoms with Gasteiger partial charge >= 0.3 is 0 Å². The molecule has 0 aromatic carbocycles. The maximum absolute atomic E-state index is 12.3. The third kappa shape index (κ3) is 2.50. The number of amides is 1. The number of hydrogen-bond donors (Lipinski definition) is 2. The summed E-state index contributed by atoms with van der Waals surface area (Å²) in [6.07, 6.45) is 6.05. The summed E-state index contributed by atoms with van der Waals surface area (Å²) in [5.41, 5.74) is 2.40. The van der Waals surface area contributed by atoms with E-state index in [0.717, 1.165) is 41.4 Å². The van der Waals surface area contributed by atoms with Crippen LogP contribution in [0.4, 0.5) is 5.82 Å². The molecule has 4 nitrogen and oxygen atoms in total. The first-order valence-electron chi connectivity index (χ1n) is 7.12. The van der Waals surface area contributed by atoms with Crippen LogP contribution >= 0.6 is 11.3 Å². The van der Waals surface area contributed by atoms with E-state index >= 15 is 0 Å². The van der Waals surface area contributed by atoms with Crippen molar-refractivity contribution in [1.29, 1.82) is 0 Å². The second-order valence-corrected chi connectivity index (χ2v) is 6.62. The minimum absolute atomic E-state index is 0.0315. The number of H-pyrrole nitrogens is 1. The highest BCUT2D eigenvalue weighted by Gasteiger charge is 2.21. The van der Waals surface area contributed by atoms with Gasteiger partial charge in [-0.25, -0.2) is 0 Å². The quantitative estimate of drug-likeness (QED) is 0.909. The molecule has 0 fully saturated rings. The number of aromatic nitrogens is 2. The van der Waals surface area contributed by atoms with E-state index in [4.69, 9.17) is 0 Å². The minimum atomic E-state index is -0.0315. The minimum Gasteiger partial charge on any atom is -0.306 e. The molecule has 0 saturated carbocycles. The molecule has 0 aliphatic heterocycles. The van der Waals surface area contributed by atoms with Crippen LogP contribution in [-0.2, 0) is 19.3 Å². The van der Waals surface area contributed by atoms with Crippen LogP contribution in [0.2, 0.25) is 0 Å². The van der Waals surface area contributed by atoms with Crippen molar-refractivity contribution in [1.82, 2.24) is 10.2 Å². The van der Waals surface area contributed by atoms with Gasteiger partial charge in [0.15, 0.2) is 0 Å². The molecule has 0 bridgehead atoms. The normalized spacial score (nSPS) is 17.8. The van der Waals surface area contributed by atoms with E-state index in [1.807, 2.05) is 6.92 Å². The van der Waals surface area contributed by atoms with E-state index in [0.29, 0.717) is 0 Å². The molecule has 0 spiro atoms. The number of rotatable bonds is 3. The Morgan fingerprint density at radius 2 is 2.45 bits per heavy atom. The number of aromatic amines is 1.